The third-order valence-corrected chi connectivity index (χ3v) is 6.24. The molecule has 0 aliphatic heterocycles. The molecule has 0 radical (unpaired) electrons. The minimum Gasteiger partial charge on any atom is -0.495 e. The van der Waals surface area contributed by atoms with Crippen LogP contribution in [0.5, 0.6) is 5.75 Å². The van der Waals surface area contributed by atoms with Crippen molar-refractivity contribution < 1.29 is 21.9 Å². The molecule has 0 spiro atoms. The number of ether oxygens (including phenoxy) is 1. The van der Waals surface area contributed by atoms with Crippen molar-refractivity contribution in [1.29, 1.82) is 5.26 Å². The van der Waals surface area contributed by atoms with E-state index in [0.29, 0.717) is 22.5 Å². The predicted molar refractivity (Wildman–Crippen MR) is 111 cm³/mol. The fourth-order valence-electron chi connectivity index (χ4n) is 3.13. The number of nitrogens with zero attached hydrogens (tertiary/aromatic N) is 5. The van der Waals surface area contributed by atoms with Gasteiger partial charge in [-0.15, -0.1) is 0 Å². The van der Waals surface area contributed by atoms with Crippen LogP contribution >= 0.6 is 0 Å². The minimum absolute atomic E-state index is 0.0752. The molecule has 4 rings (SSSR count). The van der Waals surface area contributed by atoms with Crippen molar-refractivity contribution in [2.45, 2.75) is 10.9 Å². The maximum absolute atomic E-state index is 12.7. The summed E-state index contributed by atoms with van der Waals surface area (Å²) in [5.41, 5.74) is 1.76. The lowest BCUT2D eigenvalue weighted by Crippen LogP contribution is -2.38. The zero-order valence-electron chi connectivity index (χ0n) is 16.7. The van der Waals surface area contributed by atoms with Crippen LogP contribution in [0.4, 0.5) is 8.78 Å². The molecule has 0 saturated heterocycles. The fourth-order valence-corrected chi connectivity index (χ4v) is 4.22. The summed E-state index contributed by atoms with van der Waals surface area (Å²) in [5.74, 6) is 0.533. The van der Waals surface area contributed by atoms with E-state index in [1.807, 2.05) is 23.0 Å². The van der Waals surface area contributed by atoms with Crippen LogP contribution in [0.1, 0.15) is 5.56 Å². The number of hydrogen-bond donors (Lipinski definition) is 1. The first-order valence-electron chi connectivity index (χ1n) is 9.27. The number of aromatic nitrogens is 4. The summed E-state index contributed by atoms with van der Waals surface area (Å²) < 4.78 is 59.0. The number of alkyl halides is 2. The molecule has 0 amide bonds. The Morgan fingerprint density at radius 2 is 1.91 bits per heavy atom. The monoisotopic (exact) mass is 458 g/mol. The highest BCUT2D eigenvalue weighted by atomic mass is 32.2. The second-order valence-corrected chi connectivity index (χ2v) is 8.45. The Kier molecular flexibility index (Phi) is 5.68. The Hall–Kier alpha value is -3.69. The lowest BCUT2D eigenvalue weighted by atomic mass is 10.1. The number of halogens is 2. The van der Waals surface area contributed by atoms with Crippen molar-refractivity contribution in [3.8, 4) is 23.3 Å². The van der Waals surface area contributed by atoms with Crippen LogP contribution in [-0.2, 0) is 10.0 Å². The molecule has 3 heterocycles. The van der Waals surface area contributed by atoms with Gasteiger partial charge in [-0.25, -0.2) is 36.9 Å². The van der Waals surface area contributed by atoms with Gasteiger partial charge in [-0.2, -0.15) is 5.26 Å². The molecule has 0 fully saturated rings. The Morgan fingerprint density at radius 1 is 1.22 bits per heavy atom. The van der Waals surface area contributed by atoms with E-state index in [1.165, 1.54) is 13.3 Å². The van der Waals surface area contributed by atoms with Crippen LogP contribution in [0.3, 0.4) is 0 Å². The maximum atomic E-state index is 12.7. The number of methoxy groups -OCH3 is 1. The van der Waals surface area contributed by atoms with Crippen molar-refractivity contribution in [1.82, 2.24) is 24.2 Å². The fraction of sp³-hybridized carbons (Fsp3) is 0.200. The molecule has 1 N–H and O–H groups in total. The second kappa shape index (κ2) is 8.45. The zero-order chi connectivity index (χ0) is 22.9. The molecule has 12 heteroatoms. The number of nitriles is 1. The summed E-state index contributed by atoms with van der Waals surface area (Å²) in [4.78, 5) is 12.3. The van der Waals surface area contributed by atoms with Crippen molar-refractivity contribution >= 4 is 26.8 Å². The molecule has 32 heavy (non-hydrogen) atoms. The number of pyridine rings is 1. The van der Waals surface area contributed by atoms with E-state index in [-0.39, 0.29) is 16.3 Å². The summed E-state index contributed by atoms with van der Waals surface area (Å²) in [5, 5.41) is 10.4. The highest BCUT2D eigenvalue weighted by Crippen LogP contribution is 2.36. The van der Waals surface area contributed by atoms with Crippen molar-refractivity contribution in [3.63, 3.8) is 0 Å². The molecular formula is C20H16F2N6O3S. The third-order valence-electron chi connectivity index (χ3n) is 4.77. The third kappa shape index (κ3) is 3.61. The van der Waals surface area contributed by atoms with Crippen LogP contribution in [0.25, 0.3) is 28.2 Å². The van der Waals surface area contributed by atoms with Gasteiger partial charge in [-0.1, -0.05) is 6.08 Å². The normalized spacial score (nSPS) is 13.2. The Bertz CT molecular complexity index is 1390. The van der Waals surface area contributed by atoms with Crippen LogP contribution in [0.15, 0.2) is 47.8 Å². The molecule has 164 valence electrons. The molecule has 0 atom stereocenters. The smallest absolute Gasteiger partial charge is 0.244 e. The highest BCUT2D eigenvalue weighted by molar-refractivity contribution is 7.89. The van der Waals surface area contributed by atoms with E-state index in [0.717, 1.165) is 18.1 Å². The molecular weight excluding hydrogens is 442 g/mol. The molecule has 0 aromatic carbocycles. The minimum atomic E-state index is -4.23. The van der Waals surface area contributed by atoms with Gasteiger partial charge in [0.2, 0.25) is 10.0 Å². The lowest BCUT2D eigenvalue weighted by Gasteiger charge is -2.14. The van der Waals surface area contributed by atoms with Gasteiger partial charge in [0.1, 0.15) is 41.4 Å². The van der Waals surface area contributed by atoms with E-state index in [4.69, 9.17) is 4.74 Å². The van der Waals surface area contributed by atoms with E-state index in [2.05, 4.69) is 21.0 Å². The average Bonchev–Trinajstić information content (AvgIpc) is 3.09. The summed E-state index contributed by atoms with van der Waals surface area (Å²) >= 11 is 0. The molecule has 1 aliphatic rings. The average molecular weight is 458 g/mol. The quantitative estimate of drug-likeness (QED) is 0.550. The number of sulfonamides is 1. The van der Waals surface area contributed by atoms with E-state index < -0.39 is 29.4 Å². The largest absolute Gasteiger partial charge is 0.495 e. The Balaban J connectivity index is 1.84. The van der Waals surface area contributed by atoms with E-state index in [1.54, 1.807) is 10.6 Å². The molecule has 9 nitrogen and oxygen atoms in total. The van der Waals surface area contributed by atoms with Crippen LogP contribution < -0.4 is 9.46 Å². The van der Waals surface area contributed by atoms with Gasteiger partial charge in [0.15, 0.2) is 5.82 Å². The van der Waals surface area contributed by atoms with E-state index >= 15 is 0 Å². The van der Waals surface area contributed by atoms with Crippen LogP contribution in [0.2, 0.25) is 0 Å². The SMILES string of the molecule is COc1cnc2c(c1)c(C#N)c(-c1ncc(S(=O)(=O)NC(CF)CF)cn1)n2C1=CC=C1. The van der Waals surface area contributed by atoms with Gasteiger partial charge in [0.25, 0.3) is 0 Å². The second-order valence-electron chi connectivity index (χ2n) is 6.74. The topological polar surface area (TPSA) is 123 Å². The number of allylic oxidation sites excluding steroid dienone is 4. The highest BCUT2D eigenvalue weighted by Gasteiger charge is 2.26. The first kappa shape index (κ1) is 21.5. The number of fused-ring (bicyclic) bond motifs is 1. The molecule has 0 unspecified atom stereocenters. The summed E-state index contributed by atoms with van der Waals surface area (Å²) in [6, 6.07) is 2.31. The first-order chi connectivity index (χ1) is 15.4. The van der Waals surface area contributed by atoms with Gasteiger partial charge >= 0.3 is 0 Å². The van der Waals surface area contributed by atoms with Gasteiger partial charge in [0, 0.05) is 11.1 Å². The maximum Gasteiger partial charge on any atom is 0.244 e. The molecule has 0 bridgehead atoms. The standard InChI is InChI=1S/C20H16F2N6O3S/c1-31-14-5-16-17(8-23)18(28(13-3-2-4-13)20(16)26-9-14)19-24-10-15(11-25-19)32(29,30)27-12(6-21)7-22/h2-5,9-12,27H,6-7H2,1H3. The zero-order valence-corrected chi connectivity index (χ0v) is 17.5. The molecule has 1 aliphatic carbocycles. The Morgan fingerprint density at radius 3 is 2.44 bits per heavy atom. The molecule has 3 aromatic rings. The van der Waals surface area contributed by atoms with Gasteiger partial charge < -0.3 is 4.74 Å². The summed E-state index contributed by atoms with van der Waals surface area (Å²) in [7, 11) is -2.75. The Labute approximate surface area is 181 Å². The number of rotatable bonds is 8. The van der Waals surface area contributed by atoms with E-state index in [9.17, 15) is 22.5 Å². The van der Waals surface area contributed by atoms with Gasteiger partial charge in [-0.3, -0.25) is 4.57 Å². The lowest BCUT2D eigenvalue weighted by molar-refractivity contribution is 0.334. The molecule has 0 saturated carbocycles. The number of hydrogen-bond acceptors (Lipinski definition) is 7. The molecule has 3 aromatic heterocycles. The van der Waals surface area contributed by atoms with Crippen LogP contribution in [0, 0.1) is 11.3 Å². The van der Waals surface area contributed by atoms with Crippen molar-refractivity contribution in [2.75, 3.05) is 20.5 Å². The van der Waals surface area contributed by atoms with Gasteiger partial charge in [-0.05, 0) is 18.2 Å². The van der Waals surface area contributed by atoms with Crippen LogP contribution in [-0.4, -0.2) is 54.4 Å². The summed E-state index contributed by atoms with van der Waals surface area (Å²) in [6.07, 6.45) is 8.98. The van der Waals surface area contributed by atoms with Gasteiger partial charge in [0.05, 0.1) is 37.3 Å². The van der Waals surface area contributed by atoms with Crippen molar-refractivity contribution in [3.05, 3.63) is 48.4 Å². The number of nitrogens with one attached hydrogen (secondary N) is 1. The van der Waals surface area contributed by atoms with Crippen molar-refractivity contribution in [2.24, 2.45) is 0 Å². The summed E-state index contributed by atoms with van der Waals surface area (Å²) in [6.45, 7) is -2.39. The predicted octanol–water partition coefficient (Wildman–Crippen LogP) is 2.37. The first-order valence-corrected chi connectivity index (χ1v) is 10.8.